The van der Waals surface area contributed by atoms with E-state index in [1.54, 1.807) is 25.4 Å². The number of benzene rings is 1. The summed E-state index contributed by atoms with van der Waals surface area (Å²) < 4.78 is 28.6. The first-order valence-electron chi connectivity index (χ1n) is 8.81. The monoisotopic (exact) mass is 389 g/mol. The molecule has 7 nitrogen and oxygen atoms in total. The number of nitrogens with zero attached hydrogens (tertiary/aromatic N) is 2. The Kier molecular flexibility index (Phi) is 5.65. The summed E-state index contributed by atoms with van der Waals surface area (Å²) in [6.07, 6.45) is 2.06. The highest BCUT2D eigenvalue weighted by Gasteiger charge is 2.33. The van der Waals surface area contributed by atoms with Gasteiger partial charge in [-0.15, -0.1) is 0 Å². The fraction of sp³-hybridized carbons (Fsp3) is 0.368. The maximum Gasteiger partial charge on any atom is 0.272 e. The molecule has 1 aliphatic heterocycles. The van der Waals surface area contributed by atoms with Gasteiger partial charge in [-0.2, -0.15) is 0 Å². The molecule has 2 aromatic rings. The molecule has 27 heavy (non-hydrogen) atoms. The summed E-state index contributed by atoms with van der Waals surface area (Å²) in [5.41, 5.74) is 1.92. The normalized spacial score (nSPS) is 18.1. The highest BCUT2D eigenvalue weighted by atomic mass is 32.2. The van der Waals surface area contributed by atoms with Crippen LogP contribution in [0.1, 0.15) is 23.8 Å². The SMILES string of the molecule is CCOc1ccc(Nc2ccc(C(=O)N(C)C3CCS(=O)(=O)C3)nc2)cc1. The molecule has 0 radical (unpaired) electrons. The van der Waals surface area contributed by atoms with Crippen molar-refractivity contribution in [2.24, 2.45) is 0 Å². The first-order chi connectivity index (χ1) is 12.9. The van der Waals surface area contributed by atoms with Crippen LogP contribution < -0.4 is 10.1 Å². The predicted octanol–water partition coefficient (Wildman–Crippen LogP) is 2.48. The first kappa shape index (κ1) is 19.2. The molecule has 1 aromatic heterocycles. The Bertz CT molecular complexity index is 896. The average Bonchev–Trinajstić information content (AvgIpc) is 3.03. The van der Waals surface area contributed by atoms with Gasteiger partial charge in [0.25, 0.3) is 5.91 Å². The lowest BCUT2D eigenvalue weighted by molar-refractivity contribution is 0.0742. The number of rotatable bonds is 6. The molecular weight excluding hydrogens is 366 g/mol. The minimum Gasteiger partial charge on any atom is -0.494 e. The number of sulfone groups is 1. The Balaban J connectivity index is 1.63. The molecule has 1 saturated heterocycles. The van der Waals surface area contributed by atoms with Gasteiger partial charge < -0.3 is 15.0 Å². The van der Waals surface area contributed by atoms with Crippen LogP contribution in [-0.4, -0.2) is 55.4 Å². The topological polar surface area (TPSA) is 88.6 Å². The van der Waals surface area contributed by atoms with Gasteiger partial charge in [0.15, 0.2) is 9.84 Å². The Morgan fingerprint density at radius 1 is 1.22 bits per heavy atom. The number of ether oxygens (including phenoxy) is 1. The minimum atomic E-state index is -3.04. The third-order valence-electron chi connectivity index (χ3n) is 4.51. The van der Waals surface area contributed by atoms with Crippen LogP contribution in [0.2, 0.25) is 0 Å². The Labute approximate surface area is 159 Å². The highest BCUT2D eigenvalue weighted by Crippen LogP contribution is 2.21. The third kappa shape index (κ3) is 4.77. The molecule has 1 aromatic carbocycles. The summed E-state index contributed by atoms with van der Waals surface area (Å²) in [5.74, 6) is 0.684. The van der Waals surface area contributed by atoms with E-state index in [4.69, 9.17) is 4.74 Å². The Morgan fingerprint density at radius 2 is 1.93 bits per heavy atom. The smallest absolute Gasteiger partial charge is 0.272 e. The van der Waals surface area contributed by atoms with Crippen LogP contribution in [0.25, 0.3) is 0 Å². The molecule has 3 rings (SSSR count). The zero-order valence-corrected chi connectivity index (χ0v) is 16.2. The molecule has 0 saturated carbocycles. The summed E-state index contributed by atoms with van der Waals surface area (Å²) in [4.78, 5) is 18.2. The van der Waals surface area contributed by atoms with Crippen LogP contribution in [-0.2, 0) is 9.84 Å². The summed E-state index contributed by atoms with van der Waals surface area (Å²) >= 11 is 0. The van der Waals surface area contributed by atoms with Crippen molar-refractivity contribution in [3.63, 3.8) is 0 Å². The van der Waals surface area contributed by atoms with Crippen molar-refractivity contribution in [2.45, 2.75) is 19.4 Å². The van der Waals surface area contributed by atoms with E-state index in [1.165, 1.54) is 4.90 Å². The second-order valence-corrected chi connectivity index (χ2v) is 8.72. The van der Waals surface area contributed by atoms with Crippen molar-refractivity contribution in [2.75, 3.05) is 30.5 Å². The van der Waals surface area contributed by atoms with Crippen LogP contribution in [0.5, 0.6) is 5.75 Å². The molecule has 1 fully saturated rings. The Morgan fingerprint density at radius 3 is 2.48 bits per heavy atom. The van der Waals surface area contributed by atoms with Gasteiger partial charge in [0.1, 0.15) is 11.4 Å². The standard InChI is InChI=1S/C19H23N3O4S/c1-3-26-17-7-4-14(5-8-17)21-15-6-9-18(20-12-15)19(23)22(2)16-10-11-27(24,25)13-16/h4-9,12,16,21H,3,10-11,13H2,1-2H3. The third-order valence-corrected chi connectivity index (χ3v) is 6.26. The van der Waals surface area contributed by atoms with E-state index in [-0.39, 0.29) is 23.5 Å². The van der Waals surface area contributed by atoms with Gasteiger partial charge in [-0.05, 0) is 49.7 Å². The summed E-state index contributed by atoms with van der Waals surface area (Å²) in [6.45, 7) is 2.55. The van der Waals surface area contributed by atoms with Crippen LogP contribution in [0.15, 0.2) is 42.6 Å². The van der Waals surface area contributed by atoms with Crippen LogP contribution in [0.4, 0.5) is 11.4 Å². The molecular formula is C19H23N3O4S. The molecule has 1 amide bonds. The van der Waals surface area contributed by atoms with Gasteiger partial charge in [0.2, 0.25) is 0 Å². The lowest BCUT2D eigenvalue weighted by Gasteiger charge is -2.23. The van der Waals surface area contributed by atoms with Crippen molar-refractivity contribution in [3.05, 3.63) is 48.3 Å². The van der Waals surface area contributed by atoms with E-state index in [2.05, 4.69) is 10.3 Å². The number of pyridine rings is 1. The van der Waals surface area contributed by atoms with E-state index < -0.39 is 9.84 Å². The van der Waals surface area contributed by atoms with E-state index >= 15 is 0 Å². The minimum absolute atomic E-state index is 0.0205. The molecule has 1 aliphatic rings. The van der Waals surface area contributed by atoms with Crippen molar-refractivity contribution in [3.8, 4) is 5.75 Å². The van der Waals surface area contributed by atoms with Gasteiger partial charge in [0, 0.05) is 18.8 Å². The molecule has 1 atom stereocenters. The second kappa shape index (κ2) is 7.96. The number of amides is 1. The number of aromatic nitrogens is 1. The highest BCUT2D eigenvalue weighted by molar-refractivity contribution is 7.91. The number of hydrogen-bond acceptors (Lipinski definition) is 6. The molecule has 144 valence electrons. The van der Waals surface area contributed by atoms with Crippen molar-refractivity contribution in [1.29, 1.82) is 0 Å². The van der Waals surface area contributed by atoms with Crippen molar-refractivity contribution in [1.82, 2.24) is 9.88 Å². The molecule has 0 bridgehead atoms. The van der Waals surface area contributed by atoms with E-state index in [9.17, 15) is 13.2 Å². The fourth-order valence-corrected chi connectivity index (χ4v) is 4.76. The summed E-state index contributed by atoms with van der Waals surface area (Å²) in [5, 5.41) is 3.21. The number of anilines is 2. The fourth-order valence-electron chi connectivity index (χ4n) is 2.99. The predicted molar refractivity (Wildman–Crippen MR) is 104 cm³/mol. The zero-order valence-electron chi connectivity index (χ0n) is 15.4. The largest absolute Gasteiger partial charge is 0.494 e. The number of hydrogen-bond donors (Lipinski definition) is 1. The molecule has 2 heterocycles. The van der Waals surface area contributed by atoms with Gasteiger partial charge in [-0.3, -0.25) is 4.79 Å². The molecule has 0 spiro atoms. The average molecular weight is 389 g/mol. The molecule has 0 aliphatic carbocycles. The van der Waals surface area contributed by atoms with Gasteiger partial charge in [-0.1, -0.05) is 0 Å². The lowest BCUT2D eigenvalue weighted by Crippen LogP contribution is -2.38. The van der Waals surface area contributed by atoms with E-state index in [0.717, 1.165) is 17.1 Å². The van der Waals surface area contributed by atoms with E-state index in [1.807, 2.05) is 31.2 Å². The van der Waals surface area contributed by atoms with Crippen molar-refractivity contribution < 1.29 is 17.9 Å². The lowest BCUT2D eigenvalue weighted by atomic mass is 10.2. The number of nitrogens with one attached hydrogen (secondary N) is 1. The van der Waals surface area contributed by atoms with E-state index in [0.29, 0.717) is 18.7 Å². The first-order valence-corrected chi connectivity index (χ1v) is 10.6. The summed E-state index contributed by atoms with van der Waals surface area (Å²) in [7, 11) is -1.41. The maximum atomic E-state index is 12.5. The summed E-state index contributed by atoms with van der Waals surface area (Å²) in [6, 6.07) is 10.7. The number of carbonyl (C=O) groups excluding carboxylic acids is 1. The number of carbonyl (C=O) groups is 1. The van der Waals surface area contributed by atoms with Gasteiger partial charge in [-0.25, -0.2) is 13.4 Å². The van der Waals surface area contributed by atoms with Gasteiger partial charge >= 0.3 is 0 Å². The van der Waals surface area contributed by atoms with Crippen LogP contribution in [0.3, 0.4) is 0 Å². The molecule has 1 unspecified atom stereocenters. The van der Waals surface area contributed by atoms with Crippen molar-refractivity contribution >= 4 is 27.1 Å². The Hall–Kier alpha value is -2.61. The van der Waals surface area contributed by atoms with Crippen LogP contribution >= 0.6 is 0 Å². The molecule has 8 heteroatoms. The van der Waals surface area contributed by atoms with Gasteiger partial charge in [0.05, 0.1) is 30.0 Å². The molecule has 1 N–H and O–H groups in total. The quantitative estimate of drug-likeness (QED) is 0.817. The maximum absolute atomic E-state index is 12.5. The zero-order chi connectivity index (χ0) is 19.4. The van der Waals surface area contributed by atoms with Crippen LogP contribution in [0, 0.1) is 0 Å². The second-order valence-electron chi connectivity index (χ2n) is 6.49.